The summed E-state index contributed by atoms with van der Waals surface area (Å²) in [5.74, 6) is 3.80. The van der Waals surface area contributed by atoms with Crippen molar-refractivity contribution in [2.75, 3.05) is 39.3 Å². The van der Waals surface area contributed by atoms with Gasteiger partial charge >= 0.3 is 0 Å². The zero-order valence-corrected chi connectivity index (χ0v) is 22.2. The maximum atomic E-state index is 2.88. The Labute approximate surface area is 211 Å². The minimum absolute atomic E-state index is 0.939. The van der Waals surface area contributed by atoms with Crippen LogP contribution >= 0.6 is 0 Å². The lowest BCUT2D eigenvalue weighted by Crippen LogP contribution is -2.49. The third kappa shape index (κ3) is 8.98. The summed E-state index contributed by atoms with van der Waals surface area (Å²) in [5, 5.41) is 0. The van der Waals surface area contributed by atoms with Crippen LogP contribution in [0.15, 0.2) is 36.5 Å². The fourth-order valence-corrected chi connectivity index (χ4v) is 7.48. The number of hydrogen-bond acceptors (Lipinski definition) is 2. The van der Waals surface area contributed by atoms with Crippen LogP contribution in [0.2, 0.25) is 0 Å². The molecule has 0 spiro atoms. The second-order valence-corrected chi connectivity index (χ2v) is 12.0. The predicted molar refractivity (Wildman–Crippen MR) is 148 cm³/mol. The number of hydrogen-bond donors (Lipinski definition) is 0. The van der Waals surface area contributed by atoms with Crippen molar-refractivity contribution in [1.29, 1.82) is 0 Å². The van der Waals surface area contributed by atoms with Gasteiger partial charge in [0, 0.05) is 32.7 Å². The van der Waals surface area contributed by atoms with Crippen molar-refractivity contribution in [1.82, 2.24) is 9.80 Å². The van der Waals surface area contributed by atoms with Crippen LogP contribution in [0.4, 0.5) is 0 Å². The average molecular weight is 467 g/mol. The Morgan fingerprint density at radius 3 is 2.00 bits per heavy atom. The Kier molecular flexibility index (Phi) is 11.8. The molecule has 2 unspecified atom stereocenters. The van der Waals surface area contributed by atoms with Gasteiger partial charge in [-0.25, -0.2) is 0 Å². The molecule has 5 aliphatic rings. The monoisotopic (exact) mass is 466 g/mol. The average Bonchev–Trinajstić information content (AvgIpc) is 2.85. The summed E-state index contributed by atoms with van der Waals surface area (Å²) in [4.78, 5) is 5.71. The smallest absolute Gasteiger partial charge is 0.00162 e. The second-order valence-electron chi connectivity index (χ2n) is 12.0. The lowest BCUT2D eigenvalue weighted by atomic mass is 9.69. The minimum atomic E-state index is 0.939. The molecular weight excluding hydrogens is 412 g/mol. The van der Waals surface area contributed by atoms with Gasteiger partial charge in [-0.3, -0.25) is 0 Å². The zero-order chi connectivity index (χ0) is 23.3. The summed E-state index contributed by atoms with van der Waals surface area (Å²) in [6.45, 7) is 8.04. The van der Waals surface area contributed by atoms with Crippen molar-refractivity contribution in [3.63, 3.8) is 0 Å². The number of fused-ring (bicyclic) bond motifs is 10. The normalized spacial score (nSPS) is 40.2. The van der Waals surface area contributed by atoms with E-state index in [0.29, 0.717) is 0 Å². The maximum Gasteiger partial charge on any atom is 0.00162 e. The number of rotatable bonds is 0. The van der Waals surface area contributed by atoms with E-state index in [0.717, 1.165) is 23.7 Å². The summed E-state index contributed by atoms with van der Waals surface area (Å²) in [7, 11) is 0. The van der Waals surface area contributed by atoms with Gasteiger partial charge in [-0.2, -0.15) is 0 Å². The van der Waals surface area contributed by atoms with Gasteiger partial charge in [0.05, 0.1) is 0 Å². The van der Waals surface area contributed by atoms with E-state index in [4.69, 9.17) is 0 Å². The quantitative estimate of drug-likeness (QED) is 0.333. The third-order valence-electron chi connectivity index (χ3n) is 9.33. The van der Waals surface area contributed by atoms with Crippen LogP contribution < -0.4 is 0 Å². The van der Waals surface area contributed by atoms with Crippen LogP contribution in [0.3, 0.4) is 0 Å². The van der Waals surface area contributed by atoms with Gasteiger partial charge in [-0.15, -0.1) is 0 Å². The van der Waals surface area contributed by atoms with Gasteiger partial charge in [0.25, 0.3) is 0 Å². The molecular formula is C32H54N2. The zero-order valence-electron chi connectivity index (χ0n) is 22.2. The molecule has 5 aliphatic heterocycles. The van der Waals surface area contributed by atoms with Gasteiger partial charge in [-0.1, -0.05) is 75.0 Å². The standard InChI is InChI=1S/C32H54N2/c1-2-5-10-14-18-23-34-26-29-19-15-11-7-4-6-9-13-17-22-33-24-21-32(31(25-29)28-34)30(27-33)20-16-12-8-3-1/h2,5,9-10,13-14,29-32H,1,3-4,6-8,11-12,15-28H2/b5-2-,13-9-,14-10-/t29-,30-,31+,32-/m0/s1. The molecule has 6 atom stereocenters. The van der Waals surface area contributed by atoms with Crippen LogP contribution in [0.25, 0.3) is 0 Å². The first kappa shape index (κ1) is 26.2. The fraction of sp³-hybridized carbons (Fsp3) is 0.812. The molecule has 6 bridgehead atoms. The number of piperidine rings is 2. The van der Waals surface area contributed by atoms with Crippen LogP contribution in [0.5, 0.6) is 0 Å². The first-order chi connectivity index (χ1) is 16.9. The lowest BCUT2D eigenvalue weighted by Gasteiger charge is -2.47. The van der Waals surface area contributed by atoms with Gasteiger partial charge < -0.3 is 9.80 Å². The van der Waals surface area contributed by atoms with Crippen LogP contribution in [-0.2, 0) is 0 Å². The van der Waals surface area contributed by atoms with E-state index < -0.39 is 0 Å². The van der Waals surface area contributed by atoms with E-state index in [9.17, 15) is 0 Å². The third-order valence-corrected chi connectivity index (χ3v) is 9.33. The molecule has 5 heterocycles. The summed E-state index contributed by atoms with van der Waals surface area (Å²) < 4.78 is 0. The van der Waals surface area contributed by atoms with Crippen molar-refractivity contribution in [2.24, 2.45) is 23.7 Å². The largest absolute Gasteiger partial charge is 0.303 e. The second kappa shape index (κ2) is 15.3. The predicted octanol–water partition coefficient (Wildman–Crippen LogP) is 8.02. The van der Waals surface area contributed by atoms with Gasteiger partial charge in [0.2, 0.25) is 0 Å². The molecule has 0 saturated carbocycles. The maximum absolute atomic E-state index is 2.88. The van der Waals surface area contributed by atoms with E-state index >= 15 is 0 Å². The van der Waals surface area contributed by atoms with Gasteiger partial charge in [-0.05, 0) is 94.4 Å². The highest BCUT2D eigenvalue weighted by atomic mass is 15.1. The molecule has 2 fully saturated rings. The Morgan fingerprint density at radius 1 is 0.471 bits per heavy atom. The van der Waals surface area contributed by atoms with Crippen LogP contribution in [0, 0.1) is 23.7 Å². The van der Waals surface area contributed by atoms with Gasteiger partial charge in [0.15, 0.2) is 0 Å². The molecule has 0 aromatic heterocycles. The lowest BCUT2D eigenvalue weighted by molar-refractivity contribution is 0.0202. The highest BCUT2D eigenvalue weighted by Gasteiger charge is 2.38. The van der Waals surface area contributed by atoms with E-state index in [1.165, 1.54) is 142 Å². The summed E-state index contributed by atoms with van der Waals surface area (Å²) in [5.41, 5.74) is 0. The summed E-state index contributed by atoms with van der Waals surface area (Å²) in [6.07, 6.45) is 36.8. The van der Waals surface area contributed by atoms with Crippen molar-refractivity contribution in [3.05, 3.63) is 36.5 Å². The number of nitrogens with zero attached hydrogens (tertiary/aromatic N) is 2. The molecule has 2 heteroatoms. The molecule has 0 aromatic carbocycles. The molecule has 0 amide bonds. The molecule has 192 valence electrons. The molecule has 0 N–H and O–H groups in total. The molecule has 0 aliphatic carbocycles. The van der Waals surface area contributed by atoms with Crippen LogP contribution in [0.1, 0.15) is 103 Å². The highest BCUT2D eigenvalue weighted by Crippen LogP contribution is 2.40. The fourth-order valence-electron chi connectivity index (χ4n) is 7.48. The molecule has 0 aromatic rings. The number of allylic oxidation sites excluding steroid dienone is 4. The summed E-state index contributed by atoms with van der Waals surface area (Å²) >= 11 is 0. The van der Waals surface area contributed by atoms with Crippen molar-refractivity contribution in [2.45, 2.75) is 103 Å². The van der Waals surface area contributed by atoms with Crippen molar-refractivity contribution >= 4 is 0 Å². The molecule has 2 nitrogen and oxygen atoms in total. The first-order valence-electron chi connectivity index (χ1n) is 15.3. The molecule has 2 saturated heterocycles. The van der Waals surface area contributed by atoms with E-state index in [2.05, 4.69) is 46.3 Å². The molecule has 5 rings (SSSR count). The summed E-state index contributed by atoms with van der Waals surface area (Å²) in [6, 6.07) is 0. The van der Waals surface area contributed by atoms with E-state index in [1.807, 2.05) is 0 Å². The minimum Gasteiger partial charge on any atom is -0.303 e. The van der Waals surface area contributed by atoms with E-state index in [-0.39, 0.29) is 0 Å². The first-order valence-corrected chi connectivity index (χ1v) is 15.3. The SMILES string of the molecule is C1=C\CCCCCC[C@H]2CN3CC/C=C\CCCCCC[C@H]4C[C@H](CN(CC\C=C/1)C4)[C@H]2CC3. The highest BCUT2D eigenvalue weighted by molar-refractivity contribution is 5.02. The van der Waals surface area contributed by atoms with Crippen LogP contribution in [-0.4, -0.2) is 49.1 Å². The van der Waals surface area contributed by atoms with E-state index in [1.54, 1.807) is 0 Å². The topological polar surface area (TPSA) is 6.48 Å². The Bertz CT molecular complexity index is 635. The Balaban J connectivity index is 1.48. The molecule has 34 heavy (non-hydrogen) atoms. The Morgan fingerprint density at radius 2 is 1.12 bits per heavy atom. The van der Waals surface area contributed by atoms with Crippen molar-refractivity contribution < 1.29 is 0 Å². The Hall–Kier alpha value is -0.860. The molecule has 0 radical (unpaired) electrons. The van der Waals surface area contributed by atoms with Crippen molar-refractivity contribution in [3.8, 4) is 0 Å². The van der Waals surface area contributed by atoms with Gasteiger partial charge in [0.1, 0.15) is 0 Å².